The Morgan fingerprint density at radius 2 is 2.10 bits per heavy atom. The fraction of sp³-hybridized carbons (Fsp3) is 0.421. The highest BCUT2D eigenvalue weighted by Gasteiger charge is 2.50. The van der Waals surface area contributed by atoms with Gasteiger partial charge in [-0.1, -0.05) is 43.4 Å². The van der Waals surface area contributed by atoms with Gasteiger partial charge in [-0.3, -0.25) is 9.88 Å². The lowest BCUT2D eigenvalue weighted by molar-refractivity contribution is -0.0733. The molecule has 29 heavy (non-hydrogen) atoms. The first-order valence-electron chi connectivity index (χ1n) is 9.21. The van der Waals surface area contributed by atoms with E-state index >= 15 is 0 Å². The molecule has 9 nitrogen and oxygen atoms in total. The second-order valence-corrected chi connectivity index (χ2v) is 9.83. The van der Waals surface area contributed by atoms with Gasteiger partial charge in [-0.25, -0.2) is 9.59 Å². The number of anilines is 1. The summed E-state index contributed by atoms with van der Waals surface area (Å²) in [5, 5.41) is 21.0. The molecule has 0 spiro atoms. The van der Waals surface area contributed by atoms with Gasteiger partial charge in [0.2, 0.25) is 0 Å². The van der Waals surface area contributed by atoms with Gasteiger partial charge >= 0.3 is 11.8 Å². The molecule has 1 aromatic carbocycles. The van der Waals surface area contributed by atoms with E-state index in [4.69, 9.17) is 9.47 Å². The number of aromatic nitrogens is 2. The molecule has 3 atom stereocenters. The van der Waals surface area contributed by atoms with Gasteiger partial charge in [0.15, 0.2) is 0 Å². The number of aliphatic hydroxyl groups excluding tert-OH is 2. The van der Waals surface area contributed by atoms with Gasteiger partial charge in [-0.15, -0.1) is 0 Å². The number of ether oxygens (including phenoxy) is 2. The molecule has 155 valence electrons. The number of amides is 1. The number of benzene rings is 1. The number of rotatable bonds is 6. The van der Waals surface area contributed by atoms with Crippen molar-refractivity contribution in [2.45, 2.75) is 43.7 Å². The molecule has 2 heterocycles. The van der Waals surface area contributed by atoms with Crippen LogP contribution < -0.4 is 11.0 Å². The molecule has 10 heteroatoms. The zero-order valence-electron chi connectivity index (χ0n) is 16.2. The largest absolute Gasteiger partial charge is 0.444 e. The molecule has 1 saturated heterocycles. The van der Waals surface area contributed by atoms with Gasteiger partial charge in [-0.05, 0) is 11.6 Å². The molecule has 1 aliphatic heterocycles. The monoisotopic (exact) mass is 418 g/mol. The summed E-state index contributed by atoms with van der Waals surface area (Å²) < 4.78 is 12.4. The van der Waals surface area contributed by atoms with Gasteiger partial charge in [0.1, 0.15) is 32.7 Å². The summed E-state index contributed by atoms with van der Waals surface area (Å²) in [4.78, 5) is 28.5. The molecule has 1 amide bonds. The Labute approximate surface area is 169 Å². The fourth-order valence-corrected chi connectivity index (χ4v) is 4.94. The predicted octanol–water partition coefficient (Wildman–Crippen LogP) is 1.08. The summed E-state index contributed by atoms with van der Waals surface area (Å²) in [6.07, 6.45) is -0.693. The number of hydrogen-bond donors (Lipinski definition) is 3. The molecule has 2 aromatic rings. The molecule has 3 rings (SSSR count). The molecule has 1 fully saturated rings. The summed E-state index contributed by atoms with van der Waals surface area (Å²) >= 11 is 0. The van der Waals surface area contributed by atoms with Crippen LogP contribution in [0.5, 0.6) is 0 Å². The Balaban J connectivity index is 1.72. The summed E-state index contributed by atoms with van der Waals surface area (Å²) in [6.45, 7) is 3.67. The van der Waals surface area contributed by atoms with Crippen LogP contribution in [0.1, 0.15) is 12.0 Å². The van der Waals surface area contributed by atoms with Crippen LogP contribution >= 0.6 is 0 Å². The first kappa shape index (κ1) is 21.2. The SMILES string of the molecule is C[Si](C)[C@]1(n2ccc(NC(=O)OCc3ccccc3)nc2=O)C[C@H](O)[C@@H](CO)O1. The number of nitrogens with one attached hydrogen (secondary N) is 1. The van der Waals surface area contributed by atoms with Crippen LogP contribution in [0.4, 0.5) is 10.6 Å². The van der Waals surface area contributed by atoms with Gasteiger partial charge in [-0.2, -0.15) is 4.98 Å². The summed E-state index contributed by atoms with van der Waals surface area (Å²) in [5.41, 5.74) is 0.215. The quantitative estimate of drug-likeness (QED) is 0.600. The van der Waals surface area contributed by atoms with Crippen LogP contribution in [0.25, 0.3) is 0 Å². The van der Waals surface area contributed by atoms with Crippen molar-refractivity contribution < 1.29 is 24.5 Å². The van der Waals surface area contributed by atoms with Crippen molar-refractivity contribution in [3.05, 3.63) is 58.6 Å². The number of aliphatic hydroxyl groups is 2. The van der Waals surface area contributed by atoms with Crippen LogP contribution in [0.15, 0.2) is 47.4 Å². The van der Waals surface area contributed by atoms with E-state index in [-0.39, 0.29) is 25.5 Å². The molecule has 0 unspecified atom stereocenters. The second-order valence-electron chi connectivity index (χ2n) is 7.05. The minimum atomic E-state index is -1.28. The molecule has 0 bridgehead atoms. The zero-order chi connectivity index (χ0) is 21.0. The third-order valence-electron chi connectivity index (χ3n) is 4.86. The van der Waals surface area contributed by atoms with Crippen molar-refractivity contribution in [3.63, 3.8) is 0 Å². The van der Waals surface area contributed by atoms with Crippen molar-refractivity contribution in [3.8, 4) is 0 Å². The van der Waals surface area contributed by atoms with Crippen molar-refractivity contribution in [1.29, 1.82) is 0 Å². The minimum absolute atomic E-state index is 0.0534. The highest BCUT2D eigenvalue weighted by Crippen LogP contribution is 2.36. The smallest absolute Gasteiger partial charge is 0.413 e. The van der Waals surface area contributed by atoms with E-state index in [1.807, 2.05) is 43.4 Å². The van der Waals surface area contributed by atoms with Crippen LogP contribution in [-0.2, 0) is 21.4 Å². The molecule has 1 aromatic heterocycles. The zero-order valence-corrected chi connectivity index (χ0v) is 17.2. The fourth-order valence-electron chi connectivity index (χ4n) is 3.28. The van der Waals surface area contributed by atoms with Crippen LogP contribution in [0.2, 0.25) is 13.1 Å². The lowest BCUT2D eigenvalue weighted by atomic mass is 10.2. The van der Waals surface area contributed by atoms with Crippen molar-refractivity contribution >= 4 is 20.7 Å². The third-order valence-corrected chi connectivity index (χ3v) is 6.98. The lowest BCUT2D eigenvalue weighted by Gasteiger charge is -2.34. The summed E-state index contributed by atoms with van der Waals surface area (Å²) in [5.74, 6) is 0.0534. The van der Waals surface area contributed by atoms with Crippen molar-refractivity contribution in [2.24, 2.45) is 0 Å². The molecule has 0 aliphatic carbocycles. The molecular formula is C19H24N3O6Si. The first-order valence-corrected chi connectivity index (χ1v) is 11.7. The number of carbonyl (C=O) groups excluding carboxylic acids is 1. The molecule has 1 aliphatic rings. The maximum Gasteiger partial charge on any atom is 0.413 e. The Bertz CT molecular complexity index is 906. The minimum Gasteiger partial charge on any atom is -0.444 e. The topological polar surface area (TPSA) is 123 Å². The van der Waals surface area contributed by atoms with Gasteiger partial charge < -0.3 is 19.7 Å². The molecule has 1 radical (unpaired) electrons. The van der Waals surface area contributed by atoms with Crippen LogP contribution in [0.3, 0.4) is 0 Å². The maximum atomic E-state index is 12.7. The third kappa shape index (κ3) is 4.56. The van der Waals surface area contributed by atoms with E-state index in [2.05, 4.69) is 10.3 Å². The van der Waals surface area contributed by atoms with Crippen molar-refractivity contribution in [2.75, 3.05) is 11.9 Å². The van der Waals surface area contributed by atoms with Crippen LogP contribution in [-0.4, -0.2) is 53.5 Å². The van der Waals surface area contributed by atoms with E-state index in [0.29, 0.717) is 0 Å². The average Bonchev–Trinajstić information content (AvgIpc) is 3.05. The van der Waals surface area contributed by atoms with Gasteiger partial charge in [0.25, 0.3) is 0 Å². The highest BCUT2D eigenvalue weighted by molar-refractivity contribution is 6.58. The standard InChI is InChI=1S/C19H24N3O6Si/c1-29(2)19(10-14(24)15(11-23)28-19)22-9-8-16(20-17(22)25)21-18(26)27-12-13-6-4-3-5-7-13/h3-9,14-15,23-24H,10-12H2,1-2H3,(H,20,21,25,26)/t14-,15+,19-/m0/s1. The Morgan fingerprint density at radius 1 is 1.38 bits per heavy atom. The van der Waals surface area contributed by atoms with Crippen molar-refractivity contribution in [1.82, 2.24) is 9.55 Å². The summed E-state index contributed by atoms with van der Waals surface area (Å²) in [6, 6.07) is 10.7. The van der Waals surface area contributed by atoms with E-state index in [9.17, 15) is 19.8 Å². The number of nitrogens with zero attached hydrogens (tertiary/aromatic N) is 2. The Hall–Kier alpha value is -2.53. The van der Waals surface area contributed by atoms with E-state index in [1.54, 1.807) is 0 Å². The number of carbonyl (C=O) groups is 1. The average molecular weight is 419 g/mol. The maximum absolute atomic E-state index is 12.7. The molecule has 0 saturated carbocycles. The van der Waals surface area contributed by atoms with E-state index < -0.39 is 38.1 Å². The van der Waals surface area contributed by atoms with Crippen LogP contribution in [0, 0.1) is 0 Å². The van der Waals surface area contributed by atoms with Gasteiger partial charge in [0.05, 0.1) is 12.7 Å². The Morgan fingerprint density at radius 3 is 2.69 bits per heavy atom. The predicted molar refractivity (Wildman–Crippen MR) is 107 cm³/mol. The van der Waals surface area contributed by atoms with Gasteiger partial charge in [0, 0.05) is 12.6 Å². The normalized spacial score (nSPS) is 23.9. The highest BCUT2D eigenvalue weighted by atomic mass is 28.3. The molecule has 3 N–H and O–H groups in total. The first-order chi connectivity index (χ1) is 13.9. The number of hydrogen-bond acceptors (Lipinski definition) is 7. The summed E-state index contributed by atoms with van der Waals surface area (Å²) in [7, 11) is -1.28. The second kappa shape index (κ2) is 8.87. The van der Waals surface area contributed by atoms with E-state index in [0.717, 1.165) is 5.56 Å². The lowest BCUT2D eigenvalue weighted by Crippen LogP contribution is -2.51. The van der Waals surface area contributed by atoms with E-state index in [1.165, 1.54) is 16.8 Å². The molecular weight excluding hydrogens is 394 g/mol. The Kier molecular flexibility index (Phi) is 6.48.